The maximum atomic E-state index is 13.1. The number of ether oxygens (including phenoxy) is 1. The number of fused-ring (bicyclic) bond motifs is 2. The topological polar surface area (TPSA) is 98.1 Å². The van der Waals surface area contributed by atoms with Gasteiger partial charge in [0.2, 0.25) is 0 Å². The smallest absolute Gasteiger partial charge is 0.339 e. The zero-order chi connectivity index (χ0) is 21.4. The molecule has 0 amide bonds. The average Bonchev–Trinajstić information content (AvgIpc) is 3.33. The number of hydrogen-bond acceptors (Lipinski definition) is 6. The Hall–Kier alpha value is -4.26. The van der Waals surface area contributed by atoms with Crippen LogP contribution in [0.3, 0.4) is 0 Å². The van der Waals surface area contributed by atoms with Crippen LogP contribution < -0.4 is 5.56 Å². The molecule has 0 saturated heterocycles. The van der Waals surface area contributed by atoms with Crippen LogP contribution in [0.5, 0.6) is 0 Å². The van der Waals surface area contributed by atoms with Crippen LogP contribution in [0.15, 0.2) is 82.2 Å². The van der Waals surface area contributed by atoms with Crippen LogP contribution in [-0.2, 0) is 4.74 Å². The molecule has 1 atom stereocenters. The molecule has 0 unspecified atom stereocenters. The SMILES string of the molecule is C[C@@H](OC(=O)c1cc(-c2ccco2)nc2ccccc12)c1nc2ccccc2c(=O)[nH]1. The number of rotatable bonds is 4. The van der Waals surface area contributed by atoms with Gasteiger partial charge in [0.1, 0.15) is 5.69 Å². The number of benzene rings is 2. The Morgan fingerprint density at radius 3 is 2.42 bits per heavy atom. The number of nitrogens with zero attached hydrogens (tertiary/aromatic N) is 2. The van der Waals surface area contributed by atoms with E-state index in [0.717, 1.165) is 0 Å². The molecule has 1 N–H and O–H groups in total. The number of para-hydroxylation sites is 2. The molecule has 0 aliphatic carbocycles. The summed E-state index contributed by atoms with van der Waals surface area (Å²) in [5.74, 6) is 0.282. The lowest BCUT2D eigenvalue weighted by atomic mass is 10.1. The van der Waals surface area contributed by atoms with E-state index in [9.17, 15) is 9.59 Å². The number of aromatic nitrogens is 3. The molecule has 0 bridgehead atoms. The van der Waals surface area contributed by atoms with Gasteiger partial charge >= 0.3 is 5.97 Å². The van der Waals surface area contributed by atoms with Crippen molar-refractivity contribution >= 4 is 27.8 Å². The van der Waals surface area contributed by atoms with Crippen molar-refractivity contribution in [3.63, 3.8) is 0 Å². The Bertz CT molecular complexity index is 1470. The van der Waals surface area contributed by atoms with Gasteiger partial charge in [0, 0.05) is 5.39 Å². The molecule has 3 heterocycles. The number of nitrogens with one attached hydrogen (secondary N) is 1. The first kappa shape index (κ1) is 18.7. The summed E-state index contributed by atoms with van der Waals surface area (Å²) in [5.41, 5.74) is 1.79. The minimum Gasteiger partial charge on any atom is -0.463 e. The predicted molar refractivity (Wildman–Crippen MR) is 116 cm³/mol. The third-order valence-electron chi connectivity index (χ3n) is 5.01. The maximum absolute atomic E-state index is 13.1. The number of carbonyl (C=O) groups excluding carboxylic acids is 1. The van der Waals surface area contributed by atoms with Crippen LogP contribution in [0.25, 0.3) is 33.3 Å². The molecule has 0 spiro atoms. The van der Waals surface area contributed by atoms with Crippen molar-refractivity contribution in [1.82, 2.24) is 15.0 Å². The quantitative estimate of drug-likeness (QED) is 0.432. The molecule has 0 aliphatic rings. The van der Waals surface area contributed by atoms with Crippen molar-refractivity contribution in [2.24, 2.45) is 0 Å². The van der Waals surface area contributed by atoms with Gasteiger partial charge in [-0.05, 0) is 43.3 Å². The molecule has 2 aromatic carbocycles. The van der Waals surface area contributed by atoms with Crippen LogP contribution in [0.2, 0.25) is 0 Å². The van der Waals surface area contributed by atoms with E-state index in [2.05, 4.69) is 15.0 Å². The molecule has 0 radical (unpaired) electrons. The van der Waals surface area contributed by atoms with Crippen molar-refractivity contribution in [1.29, 1.82) is 0 Å². The van der Waals surface area contributed by atoms with Crippen molar-refractivity contribution in [2.45, 2.75) is 13.0 Å². The van der Waals surface area contributed by atoms with Crippen molar-refractivity contribution < 1.29 is 13.9 Å². The van der Waals surface area contributed by atoms with Crippen LogP contribution in [-0.4, -0.2) is 20.9 Å². The standard InChI is InChI=1S/C24H17N3O4/c1-14(22-26-19-10-5-3-8-16(19)23(28)27-22)31-24(29)17-13-20(21-11-6-12-30-21)25-18-9-4-2-7-15(17)18/h2-14H,1H3,(H,26,27,28)/t14-/m1/s1. The average molecular weight is 411 g/mol. The summed E-state index contributed by atoms with van der Waals surface area (Å²) < 4.78 is 11.1. The van der Waals surface area contributed by atoms with Crippen LogP contribution in [0, 0.1) is 0 Å². The number of H-pyrrole nitrogens is 1. The number of furan rings is 1. The molecule has 7 nitrogen and oxygen atoms in total. The minimum absolute atomic E-state index is 0.279. The number of esters is 1. The third-order valence-corrected chi connectivity index (χ3v) is 5.01. The number of aromatic amines is 1. The lowest BCUT2D eigenvalue weighted by molar-refractivity contribution is 0.0322. The van der Waals surface area contributed by atoms with Crippen molar-refractivity contribution in [2.75, 3.05) is 0 Å². The Balaban J connectivity index is 1.52. The van der Waals surface area contributed by atoms with Gasteiger partial charge in [0.05, 0.1) is 28.2 Å². The van der Waals surface area contributed by atoms with Gasteiger partial charge in [-0.15, -0.1) is 0 Å². The van der Waals surface area contributed by atoms with Gasteiger partial charge < -0.3 is 14.1 Å². The molecule has 5 rings (SSSR count). The first-order valence-corrected chi connectivity index (χ1v) is 9.74. The molecule has 152 valence electrons. The number of pyridine rings is 1. The lowest BCUT2D eigenvalue weighted by Crippen LogP contribution is -2.17. The molecular formula is C24H17N3O4. The Morgan fingerprint density at radius 1 is 0.968 bits per heavy atom. The highest BCUT2D eigenvalue weighted by atomic mass is 16.5. The van der Waals surface area contributed by atoms with Gasteiger partial charge in [-0.25, -0.2) is 14.8 Å². The van der Waals surface area contributed by atoms with E-state index < -0.39 is 12.1 Å². The summed E-state index contributed by atoms with van der Waals surface area (Å²) >= 11 is 0. The fraction of sp³-hybridized carbons (Fsp3) is 0.0833. The Morgan fingerprint density at radius 2 is 1.68 bits per heavy atom. The first-order valence-electron chi connectivity index (χ1n) is 9.74. The minimum atomic E-state index is -0.760. The lowest BCUT2D eigenvalue weighted by Gasteiger charge is -2.14. The molecule has 0 aliphatic heterocycles. The van der Waals surface area contributed by atoms with Crippen molar-refractivity contribution in [3.8, 4) is 11.5 Å². The zero-order valence-corrected chi connectivity index (χ0v) is 16.5. The van der Waals surface area contributed by atoms with Crippen LogP contribution in [0.1, 0.15) is 29.2 Å². The van der Waals surface area contributed by atoms with E-state index in [1.54, 1.807) is 55.7 Å². The van der Waals surface area contributed by atoms with E-state index in [4.69, 9.17) is 9.15 Å². The summed E-state index contributed by atoms with van der Waals surface area (Å²) in [4.78, 5) is 37.2. The molecule has 5 aromatic rings. The highest BCUT2D eigenvalue weighted by Crippen LogP contribution is 2.27. The zero-order valence-electron chi connectivity index (χ0n) is 16.5. The summed E-state index contributed by atoms with van der Waals surface area (Å²) in [6.45, 7) is 1.67. The monoisotopic (exact) mass is 411 g/mol. The predicted octanol–water partition coefficient (Wildman–Crippen LogP) is 4.65. The van der Waals surface area contributed by atoms with Gasteiger partial charge in [0.15, 0.2) is 17.7 Å². The Kier molecular flexibility index (Phi) is 4.55. The fourth-order valence-corrected chi connectivity index (χ4v) is 3.47. The van der Waals surface area contributed by atoms with Gasteiger partial charge in [-0.2, -0.15) is 0 Å². The molecular weight excluding hydrogens is 394 g/mol. The summed E-state index contributed by atoms with van der Waals surface area (Å²) in [5, 5.41) is 1.14. The molecule has 7 heteroatoms. The maximum Gasteiger partial charge on any atom is 0.339 e. The van der Waals surface area contributed by atoms with Crippen LogP contribution in [0.4, 0.5) is 0 Å². The molecule has 0 saturated carbocycles. The molecule has 31 heavy (non-hydrogen) atoms. The summed E-state index contributed by atoms with van der Waals surface area (Å²) in [6.07, 6.45) is 0.789. The molecule has 3 aromatic heterocycles. The van der Waals surface area contributed by atoms with E-state index in [1.165, 1.54) is 0 Å². The number of hydrogen-bond donors (Lipinski definition) is 1. The van der Waals surface area contributed by atoms with E-state index in [-0.39, 0.29) is 11.4 Å². The van der Waals surface area contributed by atoms with E-state index in [1.807, 2.05) is 24.3 Å². The second-order valence-electron chi connectivity index (χ2n) is 7.07. The Labute approximate surface area is 176 Å². The van der Waals surface area contributed by atoms with Gasteiger partial charge in [-0.1, -0.05) is 30.3 Å². The summed E-state index contributed by atoms with van der Waals surface area (Å²) in [6, 6.07) is 19.5. The second-order valence-corrected chi connectivity index (χ2v) is 7.07. The van der Waals surface area contributed by atoms with Crippen LogP contribution >= 0.6 is 0 Å². The van der Waals surface area contributed by atoms with Crippen molar-refractivity contribution in [3.05, 3.63) is 94.7 Å². The van der Waals surface area contributed by atoms with E-state index >= 15 is 0 Å². The normalized spacial score (nSPS) is 12.2. The highest BCUT2D eigenvalue weighted by molar-refractivity contribution is 6.04. The molecule has 0 fully saturated rings. The van der Waals surface area contributed by atoms with Gasteiger partial charge in [0.25, 0.3) is 5.56 Å². The highest BCUT2D eigenvalue weighted by Gasteiger charge is 2.20. The van der Waals surface area contributed by atoms with E-state index in [0.29, 0.717) is 38.8 Å². The number of carbonyl (C=O) groups is 1. The first-order chi connectivity index (χ1) is 15.1. The van der Waals surface area contributed by atoms with Gasteiger partial charge in [-0.3, -0.25) is 4.79 Å². The largest absolute Gasteiger partial charge is 0.463 e. The third kappa shape index (κ3) is 3.46. The fourth-order valence-electron chi connectivity index (χ4n) is 3.47. The summed E-state index contributed by atoms with van der Waals surface area (Å²) in [7, 11) is 0. The second kappa shape index (κ2) is 7.53.